The molecule has 0 aliphatic carbocycles. The van der Waals surface area contributed by atoms with Crippen molar-refractivity contribution in [1.82, 2.24) is 5.32 Å². The van der Waals surface area contributed by atoms with Gasteiger partial charge in [-0.1, -0.05) is 39.3 Å². The van der Waals surface area contributed by atoms with Crippen molar-refractivity contribution in [3.8, 4) is 0 Å². The van der Waals surface area contributed by atoms with Gasteiger partial charge in [-0.15, -0.1) is 0 Å². The van der Waals surface area contributed by atoms with Crippen LogP contribution in [0.25, 0.3) is 0 Å². The number of hydrogen-bond acceptors (Lipinski definition) is 2. The molecule has 3 N–H and O–H groups in total. The smallest absolute Gasteiger partial charge is 0.326 e. The molecule has 0 spiro atoms. The van der Waals surface area contributed by atoms with Crippen molar-refractivity contribution in [2.75, 3.05) is 5.32 Å². The average molecular weight is 278 g/mol. The van der Waals surface area contributed by atoms with Crippen LogP contribution in [0.1, 0.15) is 45.1 Å². The molecule has 1 rings (SSSR count). The zero-order valence-corrected chi connectivity index (χ0v) is 12.1. The van der Waals surface area contributed by atoms with Crippen molar-refractivity contribution >= 4 is 17.7 Å². The lowest BCUT2D eigenvalue weighted by molar-refractivity contribution is -0.139. The number of carboxylic acid groups (broad SMARTS) is 1. The fourth-order valence-electron chi connectivity index (χ4n) is 1.82. The maximum absolute atomic E-state index is 11.7. The van der Waals surface area contributed by atoms with E-state index in [0.29, 0.717) is 24.4 Å². The monoisotopic (exact) mass is 278 g/mol. The van der Waals surface area contributed by atoms with Crippen LogP contribution < -0.4 is 10.6 Å². The van der Waals surface area contributed by atoms with E-state index in [0.717, 1.165) is 0 Å². The summed E-state index contributed by atoms with van der Waals surface area (Å²) in [6.45, 7) is 6.06. The highest BCUT2D eigenvalue weighted by molar-refractivity contribution is 5.92. The fraction of sp³-hybridized carbons (Fsp3) is 0.467. The van der Waals surface area contributed by atoms with E-state index in [4.69, 9.17) is 5.11 Å². The Hall–Kier alpha value is -2.04. The van der Waals surface area contributed by atoms with Gasteiger partial charge in [0.1, 0.15) is 6.04 Å². The Labute approximate surface area is 119 Å². The summed E-state index contributed by atoms with van der Waals surface area (Å²) in [6, 6.07) is 6.16. The van der Waals surface area contributed by atoms with E-state index in [1.54, 1.807) is 0 Å². The van der Waals surface area contributed by atoms with E-state index in [1.165, 1.54) is 5.56 Å². The molecule has 5 nitrogen and oxygen atoms in total. The van der Waals surface area contributed by atoms with Gasteiger partial charge in [0.2, 0.25) is 0 Å². The molecular formula is C15H22N2O3. The Bertz CT molecular complexity index is 455. The lowest BCUT2D eigenvalue weighted by Crippen LogP contribution is -2.42. The number of nitrogens with one attached hydrogen (secondary N) is 2. The van der Waals surface area contributed by atoms with Crippen molar-refractivity contribution < 1.29 is 14.7 Å². The molecule has 20 heavy (non-hydrogen) atoms. The minimum Gasteiger partial charge on any atom is -0.480 e. The second-order valence-corrected chi connectivity index (χ2v) is 5.05. The minimum atomic E-state index is -1.02. The number of rotatable bonds is 6. The second-order valence-electron chi connectivity index (χ2n) is 5.05. The molecule has 0 fully saturated rings. The lowest BCUT2D eigenvalue weighted by Gasteiger charge is -2.14. The van der Waals surface area contributed by atoms with Crippen molar-refractivity contribution in [2.45, 2.75) is 45.6 Å². The highest BCUT2D eigenvalue weighted by Crippen LogP contribution is 2.17. The summed E-state index contributed by atoms with van der Waals surface area (Å²) in [5.74, 6) is -0.587. The van der Waals surface area contributed by atoms with Gasteiger partial charge < -0.3 is 15.7 Å². The molecule has 0 aromatic heterocycles. The third-order valence-electron chi connectivity index (χ3n) is 3.02. The Morgan fingerprint density at radius 2 is 1.80 bits per heavy atom. The van der Waals surface area contributed by atoms with Crippen LogP contribution in [0.2, 0.25) is 0 Å². The van der Waals surface area contributed by atoms with Gasteiger partial charge in [-0.05, 0) is 30.0 Å². The highest BCUT2D eigenvalue weighted by Gasteiger charge is 2.18. The Kier molecular flexibility index (Phi) is 6.03. The van der Waals surface area contributed by atoms with Crippen LogP contribution in [-0.2, 0) is 4.79 Å². The molecule has 5 heteroatoms. The quantitative estimate of drug-likeness (QED) is 0.747. The van der Waals surface area contributed by atoms with Gasteiger partial charge in [0.05, 0.1) is 0 Å². The van der Waals surface area contributed by atoms with Gasteiger partial charge in [-0.25, -0.2) is 9.59 Å². The van der Waals surface area contributed by atoms with E-state index in [9.17, 15) is 9.59 Å². The highest BCUT2D eigenvalue weighted by atomic mass is 16.4. The van der Waals surface area contributed by atoms with Crippen LogP contribution in [0.5, 0.6) is 0 Å². The number of carbonyl (C=O) groups excluding carboxylic acids is 1. The maximum Gasteiger partial charge on any atom is 0.326 e. The molecule has 1 aromatic rings. The Morgan fingerprint density at radius 1 is 1.20 bits per heavy atom. The van der Waals surface area contributed by atoms with Crippen LogP contribution in [0.4, 0.5) is 10.5 Å². The van der Waals surface area contributed by atoms with Crippen molar-refractivity contribution in [3.63, 3.8) is 0 Å². The summed E-state index contributed by atoms with van der Waals surface area (Å²) >= 11 is 0. The molecule has 0 heterocycles. The Morgan fingerprint density at radius 3 is 2.25 bits per heavy atom. The van der Waals surface area contributed by atoms with Crippen LogP contribution in [0.15, 0.2) is 24.3 Å². The van der Waals surface area contributed by atoms with E-state index in [2.05, 4.69) is 24.5 Å². The number of aliphatic carboxylic acids is 1. The number of anilines is 1. The molecule has 110 valence electrons. The minimum absolute atomic E-state index is 0.412. The first-order chi connectivity index (χ1) is 9.43. The standard InChI is InChI=1S/C15H22N2O3/c1-4-5-13(14(18)19)17-15(20)16-12-8-6-11(7-9-12)10(2)3/h6-10,13H,4-5H2,1-3H3,(H,18,19)(H2,16,17,20)/t13-/m0/s1. The molecular weight excluding hydrogens is 256 g/mol. The van der Waals surface area contributed by atoms with Gasteiger partial charge in [-0.3, -0.25) is 0 Å². The maximum atomic E-state index is 11.7. The molecule has 0 aliphatic heterocycles. The molecule has 0 aliphatic rings. The van der Waals surface area contributed by atoms with Crippen molar-refractivity contribution in [1.29, 1.82) is 0 Å². The summed E-state index contributed by atoms with van der Waals surface area (Å²) in [5.41, 5.74) is 1.83. The van der Waals surface area contributed by atoms with E-state index < -0.39 is 18.0 Å². The Balaban J connectivity index is 2.59. The van der Waals surface area contributed by atoms with Crippen molar-refractivity contribution in [3.05, 3.63) is 29.8 Å². The predicted octanol–water partition coefficient (Wildman–Crippen LogP) is 3.18. The van der Waals surface area contributed by atoms with Crippen LogP contribution in [-0.4, -0.2) is 23.1 Å². The zero-order chi connectivity index (χ0) is 15.1. The van der Waals surface area contributed by atoms with Gasteiger partial charge >= 0.3 is 12.0 Å². The summed E-state index contributed by atoms with van der Waals surface area (Å²) < 4.78 is 0. The third kappa shape index (κ3) is 4.91. The van der Waals surface area contributed by atoms with E-state index >= 15 is 0 Å². The normalized spacial score (nSPS) is 12.0. The lowest BCUT2D eigenvalue weighted by atomic mass is 10.0. The summed E-state index contributed by atoms with van der Waals surface area (Å²) in [5, 5.41) is 14.1. The predicted molar refractivity (Wildman–Crippen MR) is 79.0 cm³/mol. The molecule has 1 aromatic carbocycles. The number of benzene rings is 1. The second kappa shape index (κ2) is 7.53. The first kappa shape index (κ1) is 16.0. The molecule has 0 saturated carbocycles. The first-order valence-corrected chi connectivity index (χ1v) is 6.84. The molecule has 0 bridgehead atoms. The van der Waals surface area contributed by atoms with Gasteiger partial charge in [0.15, 0.2) is 0 Å². The van der Waals surface area contributed by atoms with Gasteiger partial charge in [0.25, 0.3) is 0 Å². The SMILES string of the molecule is CCC[C@H](NC(=O)Nc1ccc(C(C)C)cc1)C(=O)O. The topological polar surface area (TPSA) is 78.4 Å². The van der Waals surface area contributed by atoms with Crippen LogP contribution in [0.3, 0.4) is 0 Å². The van der Waals surface area contributed by atoms with E-state index in [1.807, 2.05) is 31.2 Å². The molecule has 1 atom stereocenters. The number of urea groups is 1. The molecule has 0 unspecified atom stereocenters. The number of hydrogen-bond donors (Lipinski definition) is 3. The van der Waals surface area contributed by atoms with Gasteiger partial charge in [0, 0.05) is 5.69 Å². The van der Waals surface area contributed by atoms with Crippen LogP contribution in [0, 0.1) is 0 Å². The number of carbonyl (C=O) groups is 2. The largest absolute Gasteiger partial charge is 0.480 e. The first-order valence-electron chi connectivity index (χ1n) is 6.84. The van der Waals surface area contributed by atoms with Gasteiger partial charge in [-0.2, -0.15) is 0 Å². The molecule has 0 radical (unpaired) electrons. The number of carboxylic acids is 1. The zero-order valence-electron chi connectivity index (χ0n) is 12.1. The summed E-state index contributed by atoms with van der Waals surface area (Å²) in [6.07, 6.45) is 1.11. The van der Waals surface area contributed by atoms with Crippen molar-refractivity contribution in [2.24, 2.45) is 0 Å². The third-order valence-corrected chi connectivity index (χ3v) is 3.02. The average Bonchev–Trinajstić information content (AvgIpc) is 2.38. The number of amides is 2. The summed E-state index contributed by atoms with van der Waals surface area (Å²) in [7, 11) is 0. The van der Waals surface area contributed by atoms with E-state index in [-0.39, 0.29) is 0 Å². The fourth-order valence-corrected chi connectivity index (χ4v) is 1.82. The van der Waals surface area contributed by atoms with Crippen LogP contribution >= 0.6 is 0 Å². The molecule has 0 saturated heterocycles. The molecule has 2 amide bonds. The summed E-state index contributed by atoms with van der Waals surface area (Å²) in [4.78, 5) is 22.7.